The molecular formula is C12H12F2O2. The molecule has 0 spiro atoms. The van der Waals surface area contributed by atoms with E-state index >= 15 is 0 Å². The maximum Gasteiger partial charge on any atom is 0.309 e. The third-order valence-electron chi connectivity index (χ3n) is 2.04. The van der Waals surface area contributed by atoms with Crippen LogP contribution in [-0.2, 0) is 9.53 Å². The average molecular weight is 226 g/mol. The Labute approximate surface area is 92.5 Å². The molecule has 1 rings (SSSR count). The minimum atomic E-state index is -2.51. The van der Waals surface area contributed by atoms with E-state index in [0.717, 1.165) is 0 Å². The number of halogens is 2. The molecular weight excluding hydrogens is 214 g/mol. The van der Waals surface area contributed by atoms with E-state index in [0.29, 0.717) is 5.56 Å². The summed E-state index contributed by atoms with van der Waals surface area (Å²) in [5.41, 5.74) is 0.380. The van der Waals surface area contributed by atoms with Crippen LogP contribution in [0.5, 0.6) is 0 Å². The van der Waals surface area contributed by atoms with Gasteiger partial charge in [-0.15, -0.1) is 0 Å². The second-order valence-electron chi connectivity index (χ2n) is 3.11. The van der Waals surface area contributed by atoms with Gasteiger partial charge in [0.15, 0.2) is 0 Å². The fraction of sp³-hybridized carbons (Fsp3) is 0.250. The maximum absolute atomic E-state index is 12.6. The highest BCUT2D eigenvalue weighted by atomic mass is 19.3. The number of carbonyl (C=O) groups is 1. The van der Waals surface area contributed by atoms with E-state index in [1.165, 1.54) is 25.3 Å². The summed E-state index contributed by atoms with van der Waals surface area (Å²) in [6, 6.07) is 6.17. The van der Waals surface area contributed by atoms with Crippen molar-refractivity contribution in [3.8, 4) is 0 Å². The van der Waals surface area contributed by atoms with Gasteiger partial charge in [-0.1, -0.05) is 36.4 Å². The molecule has 2 nitrogen and oxygen atoms in total. The third-order valence-corrected chi connectivity index (χ3v) is 2.04. The number of hydrogen-bond acceptors (Lipinski definition) is 2. The summed E-state index contributed by atoms with van der Waals surface area (Å²) in [5, 5.41) is 0. The van der Waals surface area contributed by atoms with Gasteiger partial charge in [0.05, 0.1) is 13.5 Å². The first-order valence-electron chi connectivity index (χ1n) is 4.75. The summed E-state index contributed by atoms with van der Waals surface area (Å²) in [6.45, 7) is 0. The monoisotopic (exact) mass is 226 g/mol. The fourth-order valence-corrected chi connectivity index (χ4v) is 1.23. The first-order chi connectivity index (χ1) is 7.65. The zero-order valence-electron chi connectivity index (χ0n) is 8.82. The summed E-state index contributed by atoms with van der Waals surface area (Å²) in [7, 11) is 1.28. The number of alkyl halides is 2. The Kier molecular flexibility index (Phi) is 4.64. The second kappa shape index (κ2) is 6.00. The van der Waals surface area contributed by atoms with Gasteiger partial charge in [-0.25, -0.2) is 8.78 Å². The van der Waals surface area contributed by atoms with Crippen LogP contribution >= 0.6 is 0 Å². The van der Waals surface area contributed by atoms with Gasteiger partial charge in [-0.2, -0.15) is 0 Å². The lowest BCUT2D eigenvalue weighted by Gasteiger charge is -2.03. The lowest BCUT2D eigenvalue weighted by molar-refractivity contribution is -0.139. The normalized spacial score (nSPS) is 11.0. The molecule has 0 N–H and O–H groups in total. The van der Waals surface area contributed by atoms with Crippen molar-refractivity contribution in [2.45, 2.75) is 12.8 Å². The predicted molar refractivity (Wildman–Crippen MR) is 57.1 cm³/mol. The lowest BCUT2D eigenvalue weighted by Crippen LogP contribution is -1.96. The second-order valence-corrected chi connectivity index (χ2v) is 3.11. The van der Waals surface area contributed by atoms with Crippen LogP contribution in [0, 0.1) is 0 Å². The summed E-state index contributed by atoms with van der Waals surface area (Å²) < 4.78 is 29.5. The molecule has 86 valence electrons. The van der Waals surface area contributed by atoms with Crippen LogP contribution in [-0.4, -0.2) is 13.1 Å². The Bertz CT molecular complexity index is 386. The molecule has 1 aromatic rings. The summed E-state index contributed by atoms with van der Waals surface area (Å²) >= 11 is 0. The largest absolute Gasteiger partial charge is 0.469 e. The highest BCUT2D eigenvalue weighted by Gasteiger charge is 2.09. The topological polar surface area (TPSA) is 26.3 Å². The number of rotatable bonds is 4. The van der Waals surface area contributed by atoms with Crippen LogP contribution in [0.2, 0.25) is 0 Å². The molecule has 0 saturated carbocycles. The van der Waals surface area contributed by atoms with Gasteiger partial charge in [0.1, 0.15) is 0 Å². The standard InChI is InChI=1S/C12H12F2O2/c1-16-11(15)8-4-6-9-5-2-3-7-10(9)12(13)14/h2-7,12H,8H2,1H3. The molecule has 0 bridgehead atoms. The quantitative estimate of drug-likeness (QED) is 0.737. The molecule has 0 amide bonds. The van der Waals surface area contributed by atoms with Gasteiger partial charge in [-0.05, 0) is 5.56 Å². The molecule has 0 aliphatic rings. The number of hydrogen-bond donors (Lipinski definition) is 0. The van der Waals surface area contributed by atoms with Crippen molar-refractivity contribution in [3.05, 3.63) is 41.5 Å². The first-order valence-corrected chi connectivity index (χ1v) is 4.75. The van der Waals surface area contributed by atoms with Crippen LogP contribution < -0.4 is 0 Å². The fourth-order valence-electron chi connectivity index (χ4n) is 1.23. The highest BCUT2D eigenvalue weighted by molar-refractivity contribution is 5.72. The van der Waals surface area contributed by atoms with Crippen LogP contribution in [0.15, 0.2) is 30.3 Å². The van der Waals surface area contributed by atoms with Crippen LogP contribution in [0.1, 0.15) is 24.0 Å². The van der Waals surface area contributed by atoms with Gasteiger partial charge >= 0.3 is 5.97 Å². The molecule has 0 aliphatic carbocycles. The van der Waals surface area contributed by atoms with Crippen molar-refractivity contribution in [2.75, 3.05) is 7.11 Å². The molecule has 0 heterocycles. The molecule has 0 aromatic heterocycles. The number of ether oxygens (including phenoxy) is 1. The Hall–Kier alpha value is -1.71. The summed E-state index contributed by atoms with van der Waals surface area (Å²) in [6.07, 6.45) is 0.568. The maximum atomic E-state index is 12.6. The van der Waals surface area contributed by atoms with Gasteiger partial charge in [0, 0.05) is 5.56 Å². The van der Waals surface area contributed by atoms with Crippen molar-refractivity contribution in [1.82, 2.24) is 0 Å². The molecule has 4 heteroatoms. The molecule has 0 aliphatic heterocycles. The van der Waals surface area contributed by atoms with Crippen LogP contribution in [0.25, 0.3) is 6.08 Å². The SMILES string of the molecule is COC(=O)CC=Cc1ccccc1C(F)F. The number of benzene rings is 1. The van der Waals surface area contributed by atoms with Crippen molar-refractivity contribution in [1.29, 1.82) is 0 Å². The van der Waals surface area contributed by atoms with E-state index in [2.05, 4.69) is 4.74 Å². The minimum Gasteiger partial charge on any atom is -0.469 e. The third kappa shape index (κ3) is 3.46. The van der Waals surface area contributed by atoms with Crippen molar-refractivity contribution in [2.24, 2.45) is 0 Å². The Balaban J connectivity index is 2.76. The van der Waals surface area contributed by atoms with Crippen molar-refractivity contribution >= 4 is 12.0 Å². The van der Waals surface area contributed by atoms with E-state index in [9.17, 15) is 13.6 Å². The molecule has 1 aromatic carbocycles. The van der Waals surface area contributed by atoms with E-state index in [1.807, 2.05) is 0 Å². The Morgan fingerprint density at radius 1 is 1.44 bits per heavy atom. The van der Waals surface area contributed by atoms with Gasteiger partial charge in [0.2, 0.25) is 0 Å². The number of esters is 1. The predicted octanol–water partition coefficient (Wildman–Crippen LogP) is 3.20. The number of methoxy groups -OCH3 is 1. The highest BCUT2D eigenvalue weighted by Crippen LogP contribution is 2.23. The van der Waals surface area contributed by atoms with Crippen LogP contribution in [0.4, 0.5) is 8.78 Å². The van der Waals surface area contributed by atoms with E-state index < -0.39 is 12.4 Å². The van der Waals surface area contributed by atoms with E-state index in [4.69, 9.17) is 0 Å². The molecule has 0 unspecified atom stereocenters. The van der Waals surface area contributed by atoms with Crippen molar-refractivity contribution < 1.29 is 18.3 Å². The molecule has 0 fully saturated rings. The molecule has 0 atom stereocenters. The average Bonchev–Trinajstić information content (AvgIpc) is 2.29. The lowest BCUT2D eigenvalue weighted by atomic mass is 10.1. The Morgan fingerprint density at radius 3 is 2.75 bits per heavy atom. The van der Waals surface area contributed by atoms with Gasteiger partial charge < -0.3 is 4.74 Å². The van der Waals surface area contributed by atoms with Gasteiger partial charge in [-0.3, -0.25) is 4.79 Å². The first kappa shape index (κ1) is 12.4. The summed E-state index contributed by atoms with van der Waals surface area (Å²) in [5.74, 6) is -0.397. The van der Waals surface area contributed by atoms with E-state index in [-0.39, 0.29) is 12.0 Å². The zero-order valence-corrected chi connectivity index (χ0v) is 8.82. The summed E-state index contributed by atoms with van der Waals surface area (Å²) in [4.78, 5) is 10.8. The zero-order chi connectivity index (χ0) is 12.0. The smallest absolute Gasteiger partial charge is 0.309 e. The molecule has 0 radical (unpaired) electrons. The molecule has 16 heavy (non-hydrogen) atoms. The van der Waals surface area contributed by atoms with Crippen molar-refractivity contribution in [3.63, 3.8) is 0 Å². The van der Waals surface area contributed by atoms with Crippen LogP contribution in [0.3, 0.4) is 0 Å². The minimum absolute atomic E-state index is 0.0383. The van der Waals surface area contributed by atoms with Gasteiger partial charge in [0.25, 0.3) is 6.43 Å². The van der Waals surface area contributed by atoms with E-state index in [1.54, 1.807) is 18.2 Å². The Morgan fingerprint density at radius 2 is 2.12 bits per heavy atom. The number of carbonyl (C=O) groups excluding carboxylic acids is 1. The molecule has 0 saturated heterocycles.